The molecule has 0 unspecified atom stereocenters. The number of halogens is 4. The maximum absolute atomic E-state index is 13.1. The molecule has 136 valence electrons. The Morgan fingerprint density at radius 3 is 2.23 bits per heavy atom. The Morgan fingerprint density at radius 1 is 1.12 bits per heavy atom. The summed E-state index contributed by atoms with van der Waals surface area (Å²) in [6.07, 6.45) is -5.80. The van der Waals surface area contributed by atoms with Gasteiger partial charge in [-0.15, -0.1) is 0 Å². The van der Waals surface area contributed by atoms with Gasteiger partial charge in [-0.3, -0.25) is 4.79 Å². The van der Waals surface area contributed by atoms with Crippen LogP contribution in [0, 0.1) is 5.82 Å². The number of hydrogen-bond acceptors (Lipinski definition) is 4. The molecule has 9 heteroatoms. The Hall–Kier alpha value is -2.94. The quantitative estimate of drug-likeness (QED) is 0.633. The zero-order chi connectivity index (χ0) is 19.1. The zero-order valence-electron chi connectivity index (χ0n) is 13.2. The first-order chi connectivity index (χ1) is 12.1. The molecule has 0 bridgehead atoms. The number of aliphatic hydroxyl groups is 1. The third kappa shape index (κ3) is 3.13. The van der Waals surface area contributed by atoms with Gasteiger partial charge in [-0.05, 0) is 36.4 Å². The predicted octanol–water partition coefficient (Wildman–Crippen LogP) is 3.02. The van der Waals surface area contributed by atoms with E-state index >= 15 is 0 Å². The van der Waals surface area contributed by atoms with E-state index in [0.29, 0.717) is 10.7 Å². The largest absolute Gasteiger partial charge is 0.431 e. The van der Waals surface area contributed by atoms with Crippen LogP contribution >= 0.6 is 0 Å². The monoisotopic (exact) mass is 367 g/mol. The summed E-state index contributed by atoms with van der Waals surface area (Å²) >= 11 is 0. The molecule has 1 atom stereocenters. The SMILES string of the molecule is Nc1ccc(C(=O)N2N=C(C(F)(F)F)C[C@]2(O)c2ccc(F)cc2)cc1. The van der Waals surface area contributed by atoms with Gasteiger partial charge in [0.25, 0.3) is 5.91 Å². The fourth-order valence-corrected chi connectivity index (χ4v) is 2.61. The van der Waals surface area contributed by atoms with E-state index in [1.165, 1.54) is 24.3 Å². The Kier molecular flexibility index (Phi) is 4.19. The molecule has 0 aliphatic carbocycles. The zero-order valence-corrected chi connectivity index (χ0v) is 13.2. The van der Waals surface area contributed by atoms with Crippen LogP contribution in [0.1, 0.15) is 22.3 Å². The second-order valence-electron chi connectivity index (χ2n) is 5.78. The molecular formula is C17H13F4N3O2. The van der Waals surface area contributed by atoms with Crippen molar-refractivity contribution in [3.05, 3.63) is 65.5 Å². The van der Waals surface area contributed by atoms with Crippen molar-refractivity contribution in [1.29, 1.82) is 0 Å². The Bertz CT molecular complexity index is 863. The van der Waals surface area contributed by atoms with Crippen molar-refractivity contribution in [2.45, 2.75) is 18.3 Å². The summed E-state index contributed by atoms with van der Waals surface area (Å²) < 4.78 is 52.5. The smallest absolute Gasteiger partial charge is 0.399 e. The third-order valence-electron chi connectivity index (χ3n) is 3.97. The van der Waals surface area contributed by atoms with E-state index in [2.05, 4.69) is 5.10 Å². The highest BCUT2D eigenvalue weighted by atomic mass is 19.4. The molecule has 2 aromatic rings. The topological polar surface area (TPSA) is 78.9 Å². The molecule has 0 saturated heterocycles. The number of alkyl halides is 3. The van der Waals surface area contributed by atoms with Gasteiger partial charge >= 0.3 is 6.18 Å². The number of nitrogens with two attached hydrogens (primary N) is 1. The van der Waals surface area contributed by atoms with E-state index < -0.39 is 35.8 Å². The number of nitrogen functional groups attached to an aromatic ring is 1. The summed E-state index contributed by atoms with van der Waals surface area (Å²) in [5.74, 6) is -1.58. The minimum absolute atomic E-state index is 0.00749. The van der Waals surface area contributed by atoms with Crippen molar-refractivity contribution in [2.75, 3.05) is 5.73 Å². The highest BCUT2D eigenvalue weighted by molar-refractivity contribution is 6.00. The average Bonchev–Trinajstić information content (AvgIpc) is 2.94. The van der Waals surface area contributed by atoms with Gasteiger partial charge in [0, 0.05) is 16.8 Å². The molecule has 1 aliphatic rings. The van der Waals surface area contributed by atoms with Crippen LogP contribution in [0.15, 0.2) is 53.6 Å². The van der Waals surface area contributed by atoms with Gasteiger partial charge in [0.2, 0.25) is 0 Å². The van der Waals surface area contributed by atoms with Crippen molar-refractivity contribution < 1.29 is 27.5 Å². The van der Waals surface area contributed by atoms with Gasteiger partial charge in [0.05, 0.1) is 6.42 Å². The molecule has 0 saturated carbocycles. The molecule has 3 N–H and O–H groups in total. The molecule has 1 heterocycles. The van der Waals surface area contributed by atoms with Crippen LogP contribution < -0.4 is 5.73 Å². The van der Waals surface area contributed by atoms with E-state index in [-0.39, 0.29) is 11.1 Å². The van der Waals surface area contributed by atoms with Crippen LogP contribution in [0.5, 0.6) is 0 Å². The average molecular weight is 367 g/mol. The van der Waals surface area contributed by atoms with Crippen molar-refractivity contribution in [2.24, 2.45) is 5.10 Å². The van der Waals surface area contributed by atoms with Crippen LogP contribution in [0.4, 0.5) is 23.2 Å². The van der Waals surface area contributed by atoms with Crippen LogP contribution in [0.2, 0.25) is 0 Å². The first-order valence-electron chi connectivity index (χ1n) is 7.44. The molecule has 0 spiro atoms. The lowest BCUT2D eigenvalue weighted by Gasteiger charge is -2.31. The van der Waals surface area contributed by atoms with Gasteiger partial charge in [-0.25, -0.2) is 4.39 Å². The number of benzene rings is 2. The van der Waals surface area contributed by atoms with Gasteiger partial charge < -0.3 is 10.8 Å². The van der Waals surface area contributed by atoms with Crippen LogP contribution in [-0.4, -0.2) is 27.9 Å². The molecule has 5 nitrogen and oxygen atoms in total. The van der Waals surface area contributed by atoms with E-state index in [4.69, 9.17) is 5.73 Å². The van der Waals surface area contributed by atoms with Crippen LogP contribution in [0.3, 0.4) is 0 Å². The second kappa shape index (κ2) is 6.10. The number of carbonyl (C=O) groups excluding carboxylic acids is 1. The molecule has 1 aliphatic heterocycles. The number of hydrazone groups is 1. The van der Waals surface area contributed by atoms with Gasteiger partial charge in [0.15, 0.2) is 5.72 Å². The van der Waals surface area contributed by atoms with Crippen LogP contribution in [-0.2, 0) is 5.72 Å². The maximum Gasteiger partial charge on any atom is 0.431 e. The molecule has 26 heavy (non-hydrogen) atoms. The summed E-state index contributed by atoms with van der Waals surface area (Å²) in [7, 11) is 0. The second-order valence-corrected chi connectivity index (χ2v) is 5.78. The normalized spacial score (nSPS) is 20.2. The summed E-state index contributed by atoms with van der Waals surface area (Å²) in [4.78, 5) is 12.7. The minimum atomic E-state index is -4.83. The van der Waals surface area contributed by atoms with Gasteiger partial charge in [0.1, 0.15) is 11.5 Å². The van der Waals surface area contributed by atoms with E-state index in [1.807, 2.05) is 0 Å². The summed E-state index contributed by atoms with van der Waals surface area (Å²) in [5, 5.41) is 14.6. The molecule has 3 rings (SSSR count). The lowest BCUT2D eigenvalue weighted by Crippen LogP contribution is -2.43. The predicted molar refractivity (Wildman–Crippen MR) is 85.4 cm³/mol. The standard InChI is InChI=1S/C17H13F4N3O2/c18-12-5-3-11(4-6-12)16(26)9-14(17(19,20)21)23-24(16)15(25)10-1-7-13(22)8-2-10/h1-8,26H,9,22H2/t16-/m0/s1. The Morgan fingerprint density at radius 2 is 1.69 bits per heavy atom. The number of rotatable bonds is 2. The van der Waals surface area contributed by atoms with Crippen LogP contribution in [0.25, 0.3) is 0 Å². The Labute approximate surface area is 145 Å². The van der Waals surface area contributed by atoms with Crippen molar-refractivity contribution in [1.82, 2.24) is 5.01 Å². The fourth-order valence-electron chi connectivity index (χ4n) is 2.61. The first kappa shape index (κ1) is 17.9. The highest BCUT2D eigenvalue weighted by Gasteiger charge is 2.53. The number of hydrogen-bond donors (Lipinski definition) is 2. The Balaban J connectivity index is 2.06. The van der Waals surface area contributed by atoms with Gasteiger partial charge in [-0.2, -0.15) is 23.3 Å². The third-order valence-corrected chi connectivity index (χ3v) is 3.97. The number of anilines is 1. The number of amides is 1. The van der Waals surface area contributed by atoms with Crippen molar-refractivity contribution in [3.8, 4) is 0 Å². The molecule has 1 amide bonds. The molecule has 0 radical (unpaired) electrons. The van der Waals surface area contributed by atoms with Crippen molar-refractivity contribution >= 4 is 17.3 Å². The minimum Gasteiger partial charge on any atom is -0.399 e. The lowest BCUT2D eigenvalue weighted by atomic mass is 9.96. The van der Waals surface area contributed by atoms with E-state index in [0.717, 1.165) is 24.3 Å². The fraction of sp³-hybridized carbons (Fsp3) is 0.176. The summed E-state index contributed by atoms with van der Waals surface area (Å²) in [6.45, 7) is 0. The molecule has 2 aromatic carbocycles. The first-order valence-corrected chi connectivity index (χ1v) is 7.44. The maximum atomic E-state index is 13.1. The summed E-state index contributed by atoms with van der Waals surface area (Å²) in [5.41, 5.74) is 2.09. The molecular weight excluding hydrogens is 354 g/mol. The number of carbonyl (C=O) groups is 1. The molecule has 0 aromatic heterocycles. The highest BCUT2D eigenvalue weighted by Crippen LogP contribution is 2.40. The summed E-state index contributed by atoms with van der Waals surface area (Å²) in [6, 6.07) is 9.58. The van der Waals surface area contributed by atoms with Crippen molar-refractivity contribution in [3.63, 3.8) is 0 Å². The van der Waals surface area contributed by atoms with Gasteiger partial charge in [-0.1, -0.05) is 12.1 Å². The van der Waals surface area contributed by atoms with E-state index in [1.54, 1.807) is 0 Å². The molecule has 0 fully saturated rings. The lowest BCUT2D eigenvalue weighted by molar-refractivity contribution is -0.0816. The van der Waals surface area contributed by atoms with E-state index in [9.17, 15) is 27.5 Å². The number of nitrogens with zero attached hydrogens (tertiary/aromatic N) is 2.